The minimum atomic E-state index is -0.178. The fourth-order valence-electron chi connectivity index (χ4n) is 4.34. The number of morpholine rings is 1. The Balaban J connectivity index is 1.63. The average Bonchev–Trinajstić information content (AvgIpc) is 3.16. The van der Waals surface area contributed by atoms with Gasteiger partial charge in [0.1, 0.15) is 6.04 Å². The first kappa shape index (κ1) is 17.7. The molecule has 2 saturated heterocycles. The molecule has 3 aliphatic rings. The standard InChI is InChI=1S/C18H30N2O4/c1-2-24-18(22)14-6-5-9-19(12-14)17(21)16-13-23-11-10-20(16)15-7-3-4-8-15/h14-16H,2-13H2,1H3/t14-,16+/m0/s1. The van der Waals surface area contributed by atoms with Gasteiger partial charge in [-0.15, -0.1) is 0 Å². The number of hydrogen-bond acceptors (Lipinski definition) is 5. The summed E-state index contributed by atoms with van der Waals surface area (Å²) in [4.78, 5) is 29.4. The van der Waals surface area contributed by atoms with E-state index in [9.17, 15) is 9.59 Å². The molecular formula is C18H30N2O4. The third kappa shape index (κ3) is 3.91. The predicted octanol–water partition coefficient (Wildman–Crippen LogP) is 1.43. The second-order valence-corrected chi connectivity index (χ2v) is 7.14. The molecule has 1 amide bonds. The second kappa shape index (κ2) is 8.30. The number of carbonyl (C=O) groups is 2. The molecule has 0 spiro atoms. The Morgan fingerprint density at radius 3 is 2.67 bits per heavy atom. The van der Waals surface area contributed by atoms with Gasteiger partial charge >= 0.3 is 5.97 Å². The maximum absolute atomic E-state index is 13.1. The zero-order chi connectivity index (χ0) is 16.9. The molecule has 2 heterocycles. The molecule has 0 bridgehead atoms. The summed E-state index contributed by atoms with van der Waals surface area (Å²) in [6.07, 6.45) is 6.59. The van der Waals surface area contributed by atoms with Crippen LogP contribution >= 0.6 is 0 Å². The van der Waals surface area contributed by atoms with Gasteiger partial charge in [-0.05, 0) is 32.6 Å². The van der Waals surface area contributed by atoms with Gasteiger partial charge in [-0.1, -0.05) is 12.8 Å². The maximum Gasteiger partial charge on any atom is 0.310 e. The molecule has 3 fully saturated rings. The van der Waals surface area contributed by atoms with Crippen LogP contribution in [0.1, 0.15) is 45.4 Å². The quantitative estimate of drug-likeness (QED) is 0.726. The maximum atomic E-state index is 13.1. The third-order valence-electron chi connectivity index (χ3n) is 5.60. The van der Waals surface area contributed by atoms with E-state index >= 15 is 0 Å². The predicted molar refractivity (Wildman–Crippen MR) is 89.5 cm³/mol. The number of rotatable bonds is 4. The highest BCUT2D eigenvalue weighted by Crippen LogP contribution is 2.28. The van der Waals surface area contributed by atoms with Crippen LogP contribution < -0.4 is 0 Å². The molecule has 3 rings (SSSR count). The summed E-state index contributed by atoms with van der Waals surface area (Å²) in [5, 5.41) is 0. The molecule has 2 aliphatic heterocycles. The van der Waals surface area contributed by atoms with Crippen LogP contribution in [0.25, 0.3) is 0 Å². The van der Waals surface area contributed by atoms with Gasteiger partial charge in [-0.2, -0.15) is 0 Å². The molecule has 6 nitrogen and oxygen atoms in total. The number of hydrogen-bond donors (Lipinski definition) is 0. The van der Waals surface area contributed by atoms with Crippen molar-refractivity contribution in [3.05, 3.63) is 0 Å². The van der Waals surface area contributed by atoms with Gasteiger partial charge in [-0.25, -0.2) is 0 Å². The average molecular weight is 338 g/mol. The van der Waals surface area contributed by atoms with Crippen molar-refractivity contribution in [3.8, 4) is 0 Å². The van der Waals surface area contributed by atoms with Gasteiger partial charge in [0.15, 0.2) is 0 Å². The van der Waals surface area contributed by atoms with Crippen molar-refractivity contribution >= 4 is 11.9 Å². The van der Waals surface area contributed by atoms with Gasteiger partial charge in [0.05, 0.1) is 25.7 Å². The molecule has 0 N–H and O–H groups in total. The number of piperidine rings is 1. The van der Waals surface area contributed by atoms with E-state index in [1.807, 2.05) is 11.8 Å². The van der Waals surface area contributed by atoms with E-state index in [2.05, 4.69) is 4.90 Å². The topological polar surface area (TPSA) is 59.1 Å². The monoisotopic (exact) mass is 338 g/mol. The zero-order valence-electron chi connectivity index (χ0n) is 14.7. The lowest BCUT2D eigenvalue weighted by Gasteiger charge is -2.42. The number of nitrogens with zero attached hydrogens (tertiary/aromatic N) is 2. The van der Waals surface area contributed by atoms with Gasteiger partial charge in [0.2, 0.25) is 5.91 Å². The fraction of sp³-hybridized carbons (Fsp3) is 0.889. The summed E-state index contributed by atoms with van der Waals surface area (Å²) in [7, 11) is 0. The molecule has 24 heavy (non-hydrogen) atoms. The van der Waals surface area contributed by atoms with Crippen molar-refractivity contribution in [2.45, 2.75) is 57.5 Å². The minimum Gasteiger partial charge on any atom is -0.466 e. The van der Waals surface area contributed by atoms with Crippen molar-refractivity contribution in [2.75, 3.05) is 39.5 Å². The highest BCUT2D eigenvalue weighted by molar-refractivity contribution is 5.83. The van der Waals surface area contributed by atoms with E-state index in [1.54, 1.807) is 0 Å². The van der Waals surface area contributed by atoms with Crippen LogP contribution in [0.2, 0.25) is 0 Å². The summed E-state index contributed by atoms with van der Waals surface area (Å²) in [6, 6.07) is 0.344. The van der Waals surface area contributed by atoms with Crippen LogP contribution in [0, 0.1) is 5.92 Å². The number of ether oxygens (including phenoxy) is 2. The van der Waals surface area contributed by atoms with Crippen LogP contribution in [0.15, 0.2) is 0 Å². The Hall–Kier alpha value is -1.14. The van der Waals surface area contributed by atoms with Crippen LogP contribution in [0.4, 0.5) is 0 Å². The molecule has 6 heteroatoms. The molecule has 1 saturated carbocycles. The van der Waals surface area contributed by atoms with Crippen molar-refractivity contribution in [1.82, 2.24) is 9.80 Å². The Kier molecular flexibility index (Phi) is 6.11. The second-order valence-electron chi connectivity index (χ2n) is 7.14. The molecule has 136 valence electrons. The molecule has 0 aromatic heterocycles. The van der Waals surface area contributed by atoms with Crippen LogP contribution in [-0.2, 0) is 19.1 Å². The first-order valence-corrected chi connectivity index (χ1v) is 9.49. The minimum absolute atomic E-state index is 0.135. The van der Waals surface area contributed by atoms with Crippen LogP contribution in [-0.4, -0.2) is 73.2 Å². The van der Waals surface area contributed by atoms with E-state index in [0.717, 1.165) is 25.9 Å². The first-order valence-electron chi connectivity index (χ1n) is 9.49. The molecule has 2 atom stereocenters. The Bertz CT molecular complexity index is 450. The lowest BCUT2D eigenvalue weighted by Crippen LogP contribution is -2.59. The molecule has 1 aliphatic carbocycles. The van der Waals surface area contributed by atoms with Crippen LogP contribution in [0.3, 0.4) is 0 Å². The number of esters is 1. The molecule has 0 unspecified atom stereocenters. The van der Waals surface area contributed by atoms with E-state index in [1.165, 1.54) is 25.7 Å². The van der Waals surface area contributed by atoms with E-state index in [-0.39, 0.29) is 23.8 Å². The number of carbonyl (C=O) groups excluding carboxylic acids is 2. The largest absolute Gasteiger partial charge is 0.466 e. The lowest BCUT2D eigenvalue weighted by molar-refractivity contribution is -0.154. The van der Waals surface area contributed by atoms with Gasteiger partial charge < -0.3 is 14.4 Å². The molecular weight excluding hydrogens is 308 g/mol. The van der Waals surface area contributed by atoms with Gasteiger partial charge in [0, 0.05) is 25.7 Å². The van der Waals surface area contributed by atoms with Crippen molar-refractivity contribution in [3.63, 3.8) is 0 Å². The molecule has 0 aromatic carbocycles. The zero-order valence-corrected chi connectivity index (χ0v) is 14.7. The summed E-state index contributed by atoms with van der Waals surface area (Å²) in [5.74, 6) is -0.203. The molecule has 0 aromatic rings. The van der Waals surface area contributed by atoms with E-state index in [4.69, 9.17) is 9.47 Å². The lowest BCUT2D eigenvalue weighted by atomic mass is 9.97. The summed E-state index contributed by atoms with van der Waals surface area (Å²) in [5.41, 5.74) is 0. The van der Waals surface area contributed by atoms with Crippen molar-refractivity contribution < 1.29 is 19.1 Å². The van der Waals surface area contributed by atoms with Crippen molar-refractivity contribution in [1.29, 1.82) is 0 Å². The smallest absolute Gasteiger partial charge is 0.310 e. The Morgan fingerprint density at radius 1 is 1.12 bits per heavy atom. The summed E-state index contributed by atoms with van der Waals surface area (Å²) >= 11 is 0. The number of likely N-dealkylation sites (tertiary alicyclic amines) is 1. The summed E-state index contributed by atoms with van der Waals surface area (Å²) in [6.45, 7) is 5.49. The normalized spacial score (nSPS) is 29.6. The first-order chi connectivity index (χ1) is 11.7. The molecule has 0 radical (unpaired) electrons. The van der Waals surface area contributed by atoms with E-state index in [0.29, 0.717) is 32.4 Å². The van der Waals surface area contributed by atoms with Gasteiger partial charge in [-0.3, -0.25) is 14.5 Å². The Morgan fingerprint density at radius 2 is 1.92 bits per heavy atom. The van der Waals surface area contributed by atoms with E-state index < -0.39 is 0 Å². The number of amides is 1. The highest BCUT2D eigenvalue weighted by atomic mass is 16.5. The highest BCUT2D eigenvalue weighted by Gasteiger charge is 2.39. The van der Waals surface area contributed by atoms with Gasteiger partial charge in [0.25, 0.3) is 0 Å². The fourth-order valence-corrected chi connectivity index (χ4v) is 4.34. The summed E-state index contributed by atoms with van der Waals surface area (Å²) < 4.78 is 10.8. The third-order valence-corrected chi connectivity index (χ3v) is 5.60. The van der Waals surface area contributed by atoms with Crippen molar-refractivity contribution in [2.24, 2.45) is 5.92 Å². The SMILES string of the molecule is CCOC(=O)[C@H]1CCCN(C(=O)[C@H]2COCCN2C2CCCC2)C1. The van der Waals surface area contributed by atoms with Crippen LogP contribution in [0.5, 0.6) is 0 Å². The Labute approximate surface area is 144 Å².